The normalized spacial score (nSPS) is 10.1. The first kappa shape index (κ1) is 12.1. The number of halogens is 1. The molecule has 0 atom stereocenters. The predicted octanol–water partition coefficient (Wildman–Crippen LogP) is 3.25. The number of aliphatic carboxylic acids is 1. The lowest BCUT2D eigenvalue weighted by Crippen LogP contribution is -1.99. The molecule has 0 amide bonds. The van der Waals surface area contributed by atoms with E-state index in [0.717, 1.165) is 0 Å². The molecule has 0 unspecified atom stereocenters. The summed E-state index contributed by atoms with van der Waals surface area (Å²) in [6, 6.07) is 12.4. The van der Waals surface area contributed by atoms with Crippen LogP contribution in [0.3, 0.4) is 0 Å². The van der Waals surface area contributed by atoms with Crippen molar-refractivity contribution in [3.05, 3.63) is 59.9 Å². The number of rotatable bonds is 4. The van der Waals surface area contributed by atoms with Crippen LogP contribution >= 0.6 is 0 Å². The average Bonchev–Trinajstić information content (AvgIpc) is 2.32. The van der Waals surface area contributed by atoms with Crippen LogP contribution in [0.5, 0.6) is 11.5 Å². The molecule has 0 bridgehead atoms. The van der Waals surface area contributed by atoms with Crippen LogP contribution in [0.2, 0.25) is 0 Å². The minimum Gasteiger partial charge on any atom is -0.481 e. The zero-order valence-electron chi connectivity index (χ0n) is 9.47. The Bertz CT molecular complexity index is 549. The summed E-state index contributed by atoms with van der Waals surface area (Å²) in [5.74, 6) is -0.194. The minimum absolute atomic E-state index is 0.0549. The van der Waals surface area contributed by atoms with E-state index in [1.54, 1.807) is 24.3 Å². The zero-order chi connectivity index (χ0) is 13.0. The SMILES string of the molecule is O=C(O)Cc1cccc(Oc2ccc(F)cc2)c1. The first-order valence-corrected chi connectivity index (χ1v) is 5.37. The second-order valence-electron chi connectivity index (χ2n) is 3.77. The summed E-state index contributed by atoms with van der Waals surface area (Å²) in [5.41, 5.74) is 0.655. The van der Waals surface area contributed by atoms with Crippen molar-refractivity contribution >= 4 is 5.97 Å². The summed E-state index contributed by atoms with van der Waals surface area (Å²) in [4.78, 5) is 10.6. The Balaban J connectivity index is 2.13. The Morgan fingerprint density at radius 1 is 1.11 bits per heavy atom. The van der Waals surface area contributed by atoms with Gasteiger partial charge in [-0.1, -0.05) is 12.1 Å². The number of hydrogen-bond acceptors (Lipinski definition) is 2. The Morgan fingerprint density at radius 2 is 1.83 bits per heavy atom. The molecular formula is C14H11FO3. The molecule has 0 saturated carbocycles. The quantitative estimate of drug-likeness (QED) is 0.900. The summed E-state index contributed by atoms with van der Waals surface area (Å²) >= 11 is 0. The largest absolute Gasteiger partial charge is 0.481 e. The van der Waals surface area contributed by atoms with Gasteiger partial charge in [-0.2, -0.15) is 0 Å². The summed E-state index contributed by atoms with van der Waals surface area (Å²) in [6.45, 7) is 0. The van der Waals surface area contributed by atoms with Crippen molar-refractivity contribution in [2.75, 3.05) is 0 Å². The molecule has 3 nitrogen and oxygen atoms in total. The van der Waals surface area contributed by atoms with Crippen molar-refractivity contribution in [2.24, 2.45) is 0 Å². The predicted molar refractivity (Wildman–Crippen MR) is 64.3 cm³/mol. The molecule has 18 heavy (non-hydrogen) atoms. The van der Waals surface area contributed by atoms with E-state index in [0.29, 0.717) is 17.1 Å². The first-order valence-electron chi connectivity index (χ1n) is 5.37. The van der Waals surface area contributed by atoms with Crippen LogP contribution in [-0.2, 0) is 11.2 Å². The summed E-state index contributed by atoms with van der Waals surface area (Å²) in [5, 5.41) is 8.70. The van der Waals surface area contributed by atoms with E-state index < -0.39 is 5.97 Å². The van der Waals surface area contributed by atoms with Crippen LogP contribution in [0.25, 0.3) is 0 Å². The number of carboxylic acids is 1. The van der Waals surface area contributed by atoms with Crippen molar-refractivity contribution in [3.63, 3.8) is 0 Å². The number of carbonyl (C=O) groups is 1. The van der Waals surface area contributed by atoms with Gasteiger partial charge in [0.1, 0.15) is 17.3 Å². The molecule has 2 rings (SSSR count). The van der Waals surface area contributed by atoms with E-state index in [-0.39, 0.29) is 12.2 Å². The Morgan fingerprint density at radius 3 is 2.50 bits per heavy atom. The molecule has 0 aliphatic carbocycles. The molecule has 0 radical (unpaired) electrons. The molecule has 0 aliphatic heterocycles. The van der Waals surface area contributed by atoms with Crippen molar-refractivity contribution in [1.29, 1.82) is 0 Å². The number of ether oxygens (including phenoxy) is 1. The highest BCUT2D eigenvalue weighted by Crippen LogP contribution is 2.22. The molecule has 92 valence electrons. The molecule has 0 fully saturated rings. The van der Waals surface area contributed by atoms with Gasteiger partial charge < -0.3 is 9.84 Å². The number of carboxylic acid groups (broad SMARTS) is 1. The minimum atomic E-state index is -0.895. The third kappa shape index (κ3) is 3.31. The molecule has 0 aromatic heterocycles. The first-order chi connectivity index (χ1) is 8.63. The smallest absolute Gasteiger partial charge is 0.307 e. The van der Waals surface area contributed by atoms with Gasteiger partial charge in [0.05, 0.1) is 6.42 Å². The summed E-state index contributed by atoms with van der Waals surface area (Å²) in [7, 11) is 0. The number of hydrogen-bond donors (Lipinski definition) is 1. The van der Waals surface area contributed by atoms with E-state index in [2.05, 4.69) is 0 Å². The molecule has 4 heteroatoms. The maximum atomic E-state index is 12.7. The fourth-order valence-electron chi connectivity index (χ4n) is 1.53. The van der Waals surface area contributed by atoms with Crippen LogP contribution < -0.4 is 4.74 Å². The van der Waals surface area contributed by atoms with E-state index >= 15 is 0 Å². The van der Waals surface area contributed by atoms with E-state index in [1.807, 2.05) is 0 Å². The fraction of sp³-hybridized carbons (Fsp3) is 0.0714. The molecule has 0 aliphatic rings. The van der Waals surface area contributed by atoms with Crippen LogP contribution in [-0.4, -0.2) is 11.1 Å². The van der Waals surface area contributed by atoms with E-state index in [1.165, 1.54) is 24.3 Å². The maximum absolute atomic E-state index is 12.7. The van der Waals surface area contributed by atoms with Gasteiger partial charge in [-0.25, -0.2) is 4.39 Å². The summed E-state index contributed by atoms with van der Waals surface area (Å²) in [6.07, 6.45) is -0.0549. The van der Waals surface area contributed by atoms with Crippen LogP contribution in [0.1, 0.15) is 5.56 Å². The molecular weight excluding hydrogens is 235 g/mol. The van der Waals surface area contributed by atoms with E-state index in [9.17, 15) is 9.18 Å². The Labute approximate surface area is 103 Å². The van der Waals surface area contributed by atoms with Gasteiger partial charge in [0.25, 0.3) is 0 Å². The zero-order valence-corrected chi connectivity index (χ0v) is 9.47. The maximum Gasteiger partial charge on any atom is 0.307 e. The van der Waals surface area contributed by atoms with Gasteiger partial charge in [0.15, 0.2) is 0 Å². The van der Waals surface area contributed by atoms with Gasteiger partial charge in [0, 0.05) is 0 Å². The Hall–Kier alpha value is -2.36. The van der Waals surface area contributed by atoms with Crippen LogP contribution in [0.4, 0.5) is 4.39 Å². The van der Waals surface area contributed by atoms with Crippen LogP contribution in [0, 0.1) is 5.82 Å². The molecule has 2 aromatic rings. The highest BCUT2D eigenvalue weighted by molar-refractivity contribution is 5.70. The van der Waals surface area contributed by atoms with Crippen molar-refractivity contribution in [1.82, 2.24) is 0 Å². The second kappa shape index (κ2) is 5.31. The summed E-state index contributed by atoms with van der Waals surface area (Å²) < 4.78 is 18.2. The van der Waals surface area contributed by atoms with E-state index in [4.69, 9.17) is 9.84 Å². The second-order valence-corrected chi connectivity index (χ2v) is 3.77. The lowest BCUT2D eigenvalue weighted by atomic mass is 10.1. The lowest BCUT2D eigenvalue weighted by Gasteiger charge is -2.06. The van der Waals surface area contributed by atoms with Crippen molar-refractivity contribution in [3.8, 4) is 11.5 Å². The van der Waals surface area contributed by atoms with Gasteiger partial charge in [-0.15, -0.1) is 0 Å². The third-order valence-electron chi connectivity index (χ3n) is 2.30. The molecule has 0 heterocycles. The molecule has 2 aromatic carbocycles. The third-order valence-corrected chi connectivity index (χ3v) is 2.30. The lowest BCUT2D eigenvalue weighted by molar-refractivity contribution is -0.136. The standard InChI is InChI=1S/C14H11FO3/c15-11-4-6-12(7-5-11)18-13-3-1-2-10(8-13)9-14(16)17/h1-8H,9H2,(H,16,17). The molecule has 1 N–H and O–H groups in total. The average molecular weight is 246 g/mol. The Kier molecular flexibility index (Phi) is 3.57. The fourth-order valence-corrected chi connectivity index (χ4v) is 1.53. The van der Waals surface area contributed by atoms with Crippen molar-refractivity contribution in [2.45, 2.75) is 6.42 Å². The molecule has 0 saturated heterocycles. The highest BCUT2D eigenvalue weighted by Gasteiger charge is 2.03. The monoisotopic (exact) mass is 246 g/mol. The topological polar surface area (TPSA) is 46.5 Å². The number of benzene rings is 2. The van der Waals surface area contributed by atoms with Crippen LogP contribution in [0.15, 0.2) is 48.5 Å². The highest BCUT2D eigenvalue weighted by atomic mass is 19.1. The van der Waals surface area contributed by atoms with Crippen molar-refractivity contribution < 1.29 is 19.0 Å². The molecule has 0 spiro atoms. The van der Waals surface area contributed by atoms with Gasteiger partial charge in [-0.05, 0) is 42.0 Å². The van der Waals surface area contributed by atoms with Gasteiger partial charge in [-0.3, -0.25) is 4.79 Å². The van der Waals surface area contributed by atoms with Gasteiger partial charge >= 0.3 is 5.97 Å². The van der Waals surface area contributed by atoms with Gasteiger partial charge in [0.2, 0.25) is 0 Å².